The molecule has 0 spiro atoms. The van der Waals surface area contributed by atoms with E-state index < -0.39 is 0 Å². The molecule has 0 fully saturated rings. The fraction of sp³-hybridized carbons (Fsp3) is 0.208. The summed E-state index contributed by atoms with van der Waals surface area (Å²) >= 11 is 0. The van der Waals surface area contributed by atoms with E-state index in [1.54, 1.807) is 4.90 Å². The normalized spacial score (nSPS) is 15.2. The Morgan fingerprint density at radius 2 is 1.36 bits per heavy atom. The van der Waals surface area contributed by atoms with E-state index in [-0.39, 0.29) is 18.3 Å². The lowest BCUT2D eigenvalue weighted by atomic mass is 9.88. The molecule has 28 heavy (non-hydrogen) atoms. The van der Waals surface area contributed by atoms with Gasteiger partial charge in [-0.05, 0) is 54.7 Å². The maximum atomic E-state index is 13.1. The number of amides is 1. The minimum atomic E-state index is 0. The Kier molecular flexibility index (Phi) is 6.85. The van der Waals surface area contributed by atoms with Crippen molar-refractivity contribution < 1.29 is 4.79 Å². The van der Waals surface area contributed by atoms with Crippen LogP contribution in [-0.4, -0.2) is 18.5 Å². The van der Waals surface area contributed by atoms with Crippen molar-refractivity contribution >= 4 is 29.7 Å². The number of benzene rings is 3. The molecule has 0 saturated carbocycles. The standard InChI is InChI=1S/C24H24N2O.ClH/c27-24(18-25-21-16-15-19-9-7-8-10-20(19)17-21)26(22-11-3-1-4-12-22)23-13-5-2-6-14-23;/h1-14,21,25H,15-18H2;1H. The van der Waals surface area contributed by atoms with Gasteiger partial charge in [-0.2, -0.15) is 0 Å². The second-order valence-electron chi connectivity index (χ2n) is 6.99. The van der Waals surface area contributed by atoms with Crippen LogP contribution in [0.5, 0.6) is 0 Å². The van der Waals surface area contributed by atoms with Gasteiger partial charge in [0.05, 0.1) is 6.54 Å². The third kappa shape index (κ3) is 4.61. The Bertz CT molecular complexity index is 859. The average Bonchev–Trinajstić information content (AvgIpc) is 2.74. The minimum absolute atomic E-state index is 0. The van der Waals surface area contributed by atoms with Gasteiger partial charge < -0.3 is 5.32 Å². The highest BCUT2D eigenvalue weighted by Gasteiger charge is 2.21. The third-order valence-electron chi connectivity index (χ3n) is 5.17. The topological polar surface area (TPSA) is 32.3 Å². The molecule has 1 unspecified atom stereocenters. The summed E-state index contributed by atoms with van der Waals surface area (Å²) in [7, 11) is 0. The zero-order valence-corrected chi connectivity index (χ0v) is 16.6. The molecule has 1 aliphatic rings. The van der Waals surface area contributed by atoms with Gasteiger partial charge in [-0.25, -0.2) is 0 Å². The number of anilines is 2. The van der Waals surface area contributed by atoms with Gasteiger partial charge >= 0.3 is 0 Å². The number of rotatable bonds is 5. The van der Waals surface area contributed by atoms with Crippen LogP contribution in [0.25, 0.3) is 0 Å². The number of carbonyl (C=O) groups excluding carboxylic acids is 1. The molecule has 144 valence electrons. The molecule has 0 bridgehead atoms. The zero-order valence-electron chi connectivity index (χ0n) is 15.8. The quantitative estimate of drug-likeness (QED) is 0.668. The van der Waals surface area contributed by atoms with E-state index in [4.69, 9.17) is 0 Å². The van der Waals surface area contributed by atoms with Crippen LogP contribution < -0.4 is 10.2 Å². The Morgan fingerprint density at radius 1 is 0.821 bits per heavy atom. The van der Waals surface area contributed by atoms with Crippen LogP contribution in [0.4, 0.5) is 11.4 Å². The maximum Gasteiger partial charge on any atom is 0.245 e. The first kappa shape index (κ1) is 20.1. The summed E-state index contributed by atoms with van der Waals surface area (Å²) in [6.07, 6.45) is 3.13. The molecular weight excluding hydrogens is 368 g/mol. The lowest BCUT2D eigenvalue weighted by Crippen LogP contribution is -2.42. The van der Waals surface area contributed by atoms with Gasteiger partial charge in [0.15, 0.2) is 0 Å². The van der Waals surface area contributed by atoms with Gasteiger partial charge in [-0.15, -0.1) is 12.4 Å². The van der Waals surface area contributed by atoms with E-state index >= 15 is 0 Å². The fourth-order valence-corrected chi connectivity index (χ4v) is 3.77. The molecule has 1 amide bonds. The van der Waals surface area contributed by atoms with Crippen molar-refractivity contribution in [2.45, 2.75) is 25.3 Å². The first-order valence-corrected chi connectivity index (χ1v) is 9.54. The molecule has 1 aliphatic carbocycles. The molecule has 0 radical (unpaired) electrons. The van der Waals surface area contributed by atoms with Crippen LogP contribution in [0.1, 0.15) is 17.5 Å². The SMILES string of the molecule is Cl.O=C(CNC1CCc2ccccc2C1)N(c1ccccc1)c1ccccc1. The summed E-state index contributed by atoms with van der Waals surface area (Å²) in [6.45, 7) is 0.330. The van der Waals surface area contributed by atoms with Crippen LogP contribution in [0.3, 0.4) is 0 Å². The highest BCUT2D eigenvalue weighted by atomic mass is 35.5. The molecular formula is C24H25ClN2O. The molecule has 3 nitrogen and oxygen atoms in total. The van der Waals surface area contributed by atoms with Gasteiger partial charge in [0.2, 0.25) is 5.91 Å². The van der Waals surface area contributed by atoms with Crippen LogP contribution in [0.15, 0.2) is 84.9 Å². The van der Waals surface area contributed by atoms with E-state index in [0.717, 1.165) is 30.6 Å². The number of para-hydroxylation sites is 2. The third-order valence-corrected chi connectivity index (χ3v) is 5.17. The maximum absolute atomic E-state index is 13.1. The van der Waals surface area contributed by atoms with Crippen molar-refractivity contribution in [2.24, 2.45) is 0 Å². The first-order chi connectivity index (χ1) is 13.3. The largest absolute Gasteiger partial charge is 0.305 e. The van der Waals surface area contributed by atoms with Gasteiger partial charge in [-0.3, -0.25) is 9.69 Å². The number of carbonyl (C=O) groups is 1. The van der Waals surface area contributed by atoms with Crippen LogP contribution in [0.2, 0.25) is 0 Å². The Morgan fingerprint density at radius 3 is 1.96 bits per heavy atom. The molecule has 1 atom stereocenters. The molecule has 0 aromatic heterocycles. The Balaban J connectivity index is 0.00000225. The van der Waals surface area contributed by atoms with E-state index in [1.807, 2.05) is 60.7 Å². The summed E-state index contributed by atoms with van der Waals surface area (Å²) < 4.78 is 0. The molecule has 3 aromatic rings. The van der Waals surface area contributed by atoms with E-state index in [1.165, 1.54) is 11.1 Å². The van der Waals surface area contributed by atoms with Gasteiger partial charge in [0, 0.05) is 17.4 Å². The molecule has 3 aromatic carbocycles. The monoisotopic (exact) mass is 392 g/mol. The predicted octanol–water partition coefficient (Wildman–Crippen LogP) is 4.92. The number of fused-ring (bicyclic) bond motifs is 1. The first-order valence-electron chi connectivity index (χ1n) is 9.54. The minimum Gasteiger partial charge on any atom is -0.305 e. The molecule has 1 N–H and O–H groups in total. The smallest absolute Gasteiger partial charge is 0.245 e. The summed E-state index contributed by atoms with van der Waals surface area (Å²) in [5, 5.41) is 3.49. The average molecular weight is 393 g/mol. The van der Waals surface area contributed by atoms with Crippen molar-refractivity contribution in [3.63, 3.8) is 0 Å². The number of nitrogens with zero attached hydrogens (tertiary/aromatic N) is 1. The van der Waals surface area contributed by atoms with Crippen molar-refractivity contribution in [2.75, 3.05) is 11.4 Å². The van der Waals surface area contributed by atoms with Crippen LogP contribution in [0, 0.1) is 0 Å². The molecule has 4 heteroatoms. The Hall–Kier alpha value is -2.62. The molecule has 0 heterocycles. The molecule has 4 rings (SSSR count). The molecule has 0 aliphatic heterocycles. The Labute approximate surface area is 172 Å². The van der Waals surface area contributed by atoms with Crippen molar-refractivity contribution in [1.82, 2.24) is 5.32 Å². The van der Waals surface area contributed by atoms with E-state index in [9.17, 15) is 4.79 Å². The summed E-state index contributed by atoms with van der Waals surface area (Å²) in [5.74, 6) is 0.0614. The van der Waals surface area contributed by atoms with E-state index in [2.05, 4.69) is 29.6 Å². The number of nitrogens with one attached hydrogen (secondary N) is 1. The number of aryl methyl sites for hydroxylation is 1. The van der Waals surface area contributed by atoms with E-state index in [0.29, 0.717) is 12.6 Å². The number of halogens is 1. The highest BCUT2D eigenvalue weighted by Crippen LogP contribution is 2.25. The second-order valence-corrected chi connectivity index (χ2v) is 6.99. The summed E-state index contributed by atoms with van der Waals surface area (Å²) in [5.41, 5.74) is 4.63. The zero-order chi connectivity index (χ0) is 18.5. The lowest BCUT2D eigenvalue weighted by molar-refractivity contribution is -0.117. The van der Waals surface area contributed by atoms with Gasteiger partial charge in [0.1, 0.15) is 0 Å². The lowest BCUT2D eigenvalue weighted by Gasteiger charge is -2.28. The highest BCUT2D eigenvalue weighted by molar-refractivity contribution is 6.01. The van der Waals surface area contributed by atoms with Crippen molar-refractivity contribution in [3.8, 4) is 0 Å². The van der Waals surface area contributed by atoms with Crippen molar-refractivity contribution in [1.29, 1.82) is 0 Å². The number of hydrogen-bond acceptors (Lipinski definition) is 2. The summed E-state index contributed by atoms with van der Waals surface area (Å²) in [6, 6.07) is 28.6. The van der Waals surface area contributed by atoms with Gasteiger partial charge in [0.25, 0.3) is 0 Å². The molecule has 0 saturated heterocycles. The van der Waals surface area contributed by atoms with Gasteiger partial charge in [-0.1, -0.05) is 60.7 Å². The predicted molar refractivity (Wildman–Crippen MR) is 118 cm³/mol. The fourth-order valence-electron chi connectivity index (χ4n) is 3.77. The second kappa shape index (κ2) is 9.54. The van der Waals surface area contributed by atoms with Crippen LogP contribution in [-0.2, 0) is 17.6 Å². The number of hydrogen-bond donors (Lipinski definition) is 1. The van der Waals surface area contributed by atoms with Crippen molar-refractivity contribution in [3.05, 3.63) is 96.1 Å². The summed E-state index contributed by atoms with van der Waals surface area (Å²) in [4.78, 5) is 14.9. The van der Waals surface area contributed by atoms with Crippen LogP contribution >= 0.6 is 12.4 Å².